The Hall–Kier alpha value is -2.45. The van der Waals surface area contributed by atoms with Crippen LogP contribution in [-0.4, -0.2) is 30.6 Å². The number of aromatic nitrogens is 1. The Morgan fingerprint density at radius 1 is 1.35 bits per heavy atom. The van der Waals surface area contributed by atoms with Crippen molar-refractivity contribution in [1.82, 2.24) is 4.98 Å². The molecule has 0 saturated carbocycles. The highest BCUT2D eigenvalue weighted by Gasteiger charge is 2.35. The number of rotatable bonds is 5. The van der Waals surface area contributed by atoms with Gasteiger partial charge in [-0.15, -0.1) is 0 Å². The van der Waals surface area contributed by atoms with E-state index >= 15 is 0 Å². The lowest BCUT2D eigenvalue weighted by Crippen LogP contribution is -2.27. The average Bonchev–Trinajstić information content (AvgIpc) is 2.61. The summed E-state index contributed by atoms with van der Waals surface area (Å²) >= 11 is 11.6. The zero-order valence-electron chi connectivity index (χ0n) is 13.5. The van der Waals surface area contributed by atoms with Crippen molar-refractivity contribution in [2.24, 2.45) is 10.7 Å². The molecule has 1 amide bonds. The van der Waals surface area contributed by atoms with Gasteiger partial charge < -0.3 is 15.8 Å². The van der Waals surface area contributed by atoms with Crippen LogP contribution in [0.4, 0.5) is 14.5 Å². The number of hydrogen-bond acceptors (Lipinski definition) is 4. The normalized spacial score (nSPS) is 12.0. The molecule has 1 heterocycles. The van der Waals surface area contributed by atoms with Crippen molar-refractivity contribution >= 4 is 40.8 Å². The maximum Gasteiger partial charge on any atom is 0.308 e. The Labute approximate surface area is 158 Å². The molecule has 26 heavy (non-hydrogen) atoms. The molecule has 0 aliphatic heterocycles. The van der Waals surface area contributed by atoms with E-state index in [1.807, 2.05) is 0 Å². The van der Waals surface area contributed by atoms with E-state index < -0.39 is 24.0 Å². The molecule has 0 saturated heterocycles. The second kappa shape index (κ2) is 8.29. The zero-order valence-corrected chi connectivity index (χ0v) is 15.0. The molecule has 0 unspecified atom stereocenters. The van der Waals surface area contributed by atoms with Gasteiger partial charge in [0, 0.05) is 24.5 Å². The molecule has 0 bridgehead atoms. The lowest BCUT2D eigenvalue weighted by molar-refractivity contribution is -0.0510. The van der Waals surface area contributed by atoms with Crippen LogP contribution in [0.25, 0.3) is 0 Å². The number of hydrogen-bond donors (Lipinski definition) is 2. The third kappa shape index (κ3) is 5.03. The number of ether oxygens (including phenoxy) is 1. The predicted octanol–water partition coefficient (Wildman–Crippen LogP) is 3.69. The summed E-state index contributed by atoms with van der Waals surface area (Å²) in [6, 6.07) is 6.20. The van der Waals surface area contributed by atoms with Crippen molar-refractivity contribution in [1.29, 1.82) is 0 Å². The minimum Gasteiger partial charge on any atom is -0.459 e. The fourth-order valence-corrected chi connectivity index (χ4v) is 2.26. The lowest BCUT2D eigenvalue weighted by atomic mass is 10.1. The molecule has 2 rings (SSSR count). The van der Waals surface area contributed by atoms with Crippen molar-refractivity contribution in [2.75, 3.05) is 19.0 Å². The second-order valence-electron chi connectivity index (χ2n) is 5.07. The molecule has 0 aliphatic rings. The van der Waals surface area contributed by atoms with Crippen molar-refractivity contribution in [2.45, 2.75) is 5.92 Å². The van der Waals surface area contributed by atoms with Crippen molar-refractivity contribution in [3.05, 3.63) is 57.8 Å². The van der Waals surface area contributed by atoms with Crippen LogP contribution in [0.15, 0.2) is 41.5 Å². The number of benzene rings is 1. The van der Waals surface area contributed by atoms with E-state index in [-0.39, 0.29) is 22.4 Å². The van der Waals surface area contributed by atoms with Crippen LogP contribution in [0.5, 0.6) is 0 Å². The number of carbonyl (C=O) groups excluding carboxylic acids is 1. The zero-order chi connectivity index (χ0) is 19.3. The third-order valence-electron chi connectivity index (χ3n) is 3.20. The Bertz CT molecular complexity index is 829. The Morgan fingerprint density at radius 3 is 2.69 bits per heavy atom. The molecule has 3 N–H and O–H groups in total. The summed E-state index contributed by atoms with van der Waals surface area (Å²) in [6.07, 6.45) is 1.30. The number of nitrogens with one attached hydrogen (secondary N) is 1. The number of anilines is 1. The standard InChI is InChI=1S/C16H14Cl2F2N4O2/c1-22-15(21)26-8-16(19,20)11-6-10(3-4-12(11)18)24-14(25)13-5-2-9(17)7-23-13/h2-7H,8H2,1H3,(H2,21,22)(H,24,25). The summed E-state index contributed by atoms with van der Waals surface area (Å²) in [6.45, 7) is -1.05. The first kappa shape index (κ1) is 19.9. The number of nitrogens with two attached hydrogens (primary N) is 1. The molecular formula is C16H14Cl2F2N4O2. The van der Waals surface area contributed by atoms with Gasteiger partial charge >= 0.3 is 5.92 Å². The van der Waals surface area contributed by atoms with Gasteiger partial charge in [-0.05, 0) is 30.3 Å². The summed E-state index contributed by atoms with van der Waals surface area (Å²) in [4.78, 5) is 19.4. The topological polar surface area (TPSA) is 89.6 Å². The van der Waals surface area contributed by atoms with Crippen LogP contribution >= 0.6 is 23.2 Å². The molecule has 0 spiro atoms. The number of nitrogens with zero attached hydrogens (tertiary/aromatic N) is 2. The molecule has 1 aromatic heterocycles. The molecular weight excluding hydrogens is 389 g/mol. The number of aliphatic imine (C=N–C) groups is 1. The average molecular weight is 403 g/mol. The predicted molar refractivity (Wildman–Crippen MR) is 96.0 cm³/mol. The largest absolute Gasteiger partial charge is 0.459 e. The van der Waals surface area contributed by atoms with Crippen molar-refractivity contribution in [3.8, 4) is 0 Å². The minimum atomic E-state index is -3.45. The van der Waals surface area contributed by atoms with Crippen LogP contribution in [0.1, 0.15) is 16.1 Å². The summed E-state index contributed by atoms with van der Waals surface area (Å²) in [5, 5.41) is 2.65. The fraction of sp³-hybridized carbons (Fsp3) is 0.188. The van der Waals surface area contributed by atoms with Gasteiger partial charge in [0.1, 0.15) is 5.69 Å². The maximum absolute atomic E-state index is 14.3. The van der Waals surface area contributed by atoms with Gasteiger partial charge in [0.25, 0.3) is 11.9 Å². The second-order valence-corrected chi connectivity index (χ2v) is 5.91. The molecule has 0 fully saturated rings. The van der Waals surface area contributed by atoms with E-state index in [2.05, 4.69) is 20.0 Å². The number of amides is 1. The van der Waals surface area contributed by atoms with Crippen LogP contribution in [0.3, 0.4) is 0 Å². The van der Waals surface area contributed by atoms with Gasteiger partial charge in [-0.1, -0.05) is 23.2 Å². The number of amidine groups is 1. The molecule has 0 aliphatic carbocycles. The summed E-state index contributed by atoms with van der Waals surface area (Å²) in [5.41, 5.74) is 4.92. The smallest absolute Gasteiger partial charge is 0.308 e. The Kier molecular flexibility index (Phi) is 6.33. The first-order valence-electron chi connectivity index (χ1n) is 7.19. The summed E-state index contributed by atoms with van der Waals surface area (Å²) in [5.74, 6) is -4.04. The van der Waals surface area contributed by atoms with Crippen LogP contribution in [0, 0.1) is 0 Å². The van der Waals surface area contributed by atoms with Gasteiger partial charge in [-0.3, -0.25) is 4.79 Å². The SMILES string of the molecule is CN=C(N)OCC(F)(F)c1cc(NC(=O)c2ccc(Cl)cn2)ccc1Cl. The molecule has 1 aromatic carbocycles. The minimum absolute atomic E-state index is 0.0768. The number of halogens is 4. The van der Waals surface area contributed by atoms with Gasteiger partial charge in [0.05, 0.1) is 10.0 Å². The first-order valence-corrected chi connectivity index (χ1v) is 7.94. The van der Waals surface area contributed by atoms with Crippen LogP contribution < -0.4 is 11.1 Å². The Morgan fingerprint density at radius 2 is 2.08 bits per heavy atom. The van der Waals surface area contributed by atoms with E-state index in [9.17, 15) is 13.6 Å². The van der Waals surface area contributed by atoms with Crippen molar-refractivity contribution in [3.63, 3.8) is 0 Å². The fourth-order valence-electron chi connectivity index (χ4n) is 1.90. The van der Waals surface area contributed by atoms with Gasteiger partial charge in [0.15, 0.2) is 6.61 Å². The van der Waals surface area contributed by atoms with Gasteiger partial charge in [0.2, 0.25) is 0 Å². The summed E-state index contributed by atoms with van der Waals surface area (Å²) < 4.78 is 33.4. The lowest BCUT2D eigenvalue weighted by Gasteiger charge is -2.19. The third-order valence-corrected chi connectivity index (χ3v) is 3.75. The Balaban J connectivity index is 2.20. The highest BCUT2D eigenvalue weighted by Crippen LogP contribution is 2.35. The van der Waals surface area contributed by atoms with E-state index in [1.54, 1.807) is 0 Å². The van der Waals surface area contributed by atoms with E-state index in [4.69, 9.17) is 28.9 Å². The van der Waals surface area contributed by atoms with Crippen LogP contribution in [0.2, 0.25) is 10.0 Å². The van der Waals surface area contributed by atoms with Crippen molar-refractivity contribution < 1.29 is 18.3 Å². The highest BCUT2D eigenvalue weighted by atomic mass is 35.5. The monoisotopic (exact) mass is 402 g/mol. The molecule has 10 heteroatoms. The number of pyridine rings is 1. The van der Waals surface area contributed by atoms with Crippen LogP contribution in [-0.2, 0) is 10.7 Å². The molecule has 2 aromatic rings. The van der Waals surface area contributed by atoms with E-state index in [0.29, 0.717) is 5.02 Å². The number of carbonyl (C=O) groups is 1. The first-order chi connectivity index (χ1) is 12.2. The highest BCUT2D eigenvalue weighted by molar-refractivity contribution is 6.31. The van der Waals surface area contributed by atoms with E-state index in [1.165, 1.54) is 37.5 Å². The maximum atomic E-state index is 14.3. The summed E-state index contributed by atoms with van der Waals surface area (Å²) in [7, 11) is 1.31. The van der Waals surface area contributed by atoms with E-state index in [0.717, 1.165) is 6.07 Å². The molecule has 0 radical (unpaired) electrons. The quantitative estimate of drug-likeness (QED) is 0.589. The molecule has 0 atom stereocenters. The molecule has 138 valence electrons. The number of alkyl halides is 2. The van der Waals surface area contributed by atoms with Gasteiger partial charge in [-0.25, -0.2) is 9.98 Å². The molecule has 6 nitrogen and oxygen atoms in total. The van der Waals surface area contributed by atoms with Gasteiger partial charge in [-0.2, -0.15) is 8.78 Å².